The number of hydrogen-bond acceptors (Lipinski definition) is 6. The molecule has 5 N–H and O–H groups in total. The van der Waals surface area contributed by atoms with E-state index in [0.717, 1.165) is 18.4 Å². The van der Waals surface area contributed by atoms with Crippen molar-refractivity contribution in [3.05, 3.63) is 40.9 Å². The average molecular weight is 322 g/mol. The number of aromatic nitrogens is 3. The number of rotatable bonds is 3. The van der Waals surface area contributed by atoms with Gasteiger partial charge in [0.1, 0.15) is 11.2 Å². The standard InChI is InChI=1S/C17H18N6O/c1-23-8-20-14-7-13(9-2-5-11(18)12(19)6-9)22-16(15(14)17(23)24)21-10-3-4-10/h2,5-8,10H,3-4,18-19H2,1H3,(H,21,22). The minimum Gasteiger partial charge on any atom is -0.397 e. The third-order valence-corrected chi connectivity index (χ3v) is 4.20. The van der Waals surface area contributed by atoms with Gasteiger partial charge in [0.15, 0.2) is 0 Å². The number of nitrogens with zero attached hydrogens (tertiary/aromatic N) is 3. The molecule has 2 aromatic heterocycles. The number of pyridine rings is 1. The van der Waals surface area contributed by atoms with Crippen LogP contribution in [0.5, 0.6) is 0 Å². The van der Waals surface area contributed by atoms with E-state index in [0.29, 0.717) is 39.8 Å². The molecule has 7 nitrogen and oxygen atoms in total. The van der Waals surface area contributed by atoms with Crippen LogP contribution in [0.3, 0.4) is 0 Å². The molecule has 0 aliphatic heterocycles. The second-order valence-electron chi connectivity index (χ2n) is 6.17. The molecule has 0 unspecified atom stereocenters. The van der Waals surface area contributed by atoms with Crippen LogP contribution in [0.25, 0.3) is 22.2 Å². The van der Waals surface area contributed by atoms with Gasteiger partial charge in [-0.3, -0.25) is 4.79 Å². The van der Waals surface area contributed by atoms with Crippen LogP contribution in [0, 0.1) is 0 Å². The Balaban J connectivity index is 1.95. The van der Waals surface area contributed by atoms with Crippen molar-refractivity contribution >= 4 is 28.1 Å². The Morgan fingerprint density at radius 3 is 2.71 bits per heavy atom. The van der Waals surface area contributed by atoms with Crippen molar-refractivity contribution in [2.24, 2.45) is 7.05 Å². The van der Waals surface area contributed by atoms with E-state index in [4.69, 9.17) is 11.5 Å². The number of aryl methyl sites for hydroxylation is 1. The Hall–Kier alpha value is -3.09. The molecule has 0 bridgehead atoms. The van der Waals surface area contributed by atoms with Crippen molar-refractivity contribution in [2.45, 2.75) is 18.9 Å². The fourth-order valence-corrected chi connectivity index (χ4v) is 2.63. The van der Waals surface area contributed by atoms with Crippen molar-refractivity contribution in [1.82, 2.24) is 14.5 Å². The first-order valence-electron chi connectivity index (χ1n) is 7.81. The highest BCUT2D eigenvalue weighted by Gasteiger charge is 2.24. The smallest absolute Gasteiger partial charge is 0.264 e. The van der Waals surface area contributed by atoms with E-state index in [2.05, 4.69) is 15.3 Å². The summed E-state index contributed by atoms with van der Waals surface area (Å²) in [5.41, 5.74) is 14.8. The molecule has 0 saturated heterocycles. The van der Waals surface area contributed by atoms with Gasteiger partial charge in [-0.2, -0.15) is 0 Å². The lowest BCUT2D eigenvalue weighted by molar-refractivity contribution is 0.842. The van der Waals surface area contributed by atoms with Crippen molar-refractivity contribution in [3.63, 3.8) is 0 Å². The molecule has 0 amide bonds. The predicted molar refractivity (Wildman–Crippen MR) is 95.7 cm³/mol. The fourth-order valence-electron chi connectivity index (χ4n) is 2.63. The maximum absolute atomic E-state index is 12.5. The van der Waals surface area contributed by atoms with Gasteiger partial charge in [0.25, 0.3) is 5.56 Å². The summed E-state index contributed by atoms with van der Waals surface area (Å²) in [4.78, 5) is 21.6. The van der Waals surface area contributed by atoms with Crippen LogP contribution in [0.1, 0.15) is 12.8 Å². The zero-order valence-electron chi connectivity index (χ0n) is 13.3. The highest BCUT2D eigenvalue weighted by atomic mass is 16.1. The van der Waals surface area contributed by atoms with Crippen LogP contribution in [0.2, 0.25) is 0 Å². The first-order valence-corrected chi connectivity index (χ1v) is 7.81. The molecule has 0 atom stereocenters. The summed E-state index contributed by atoms with van der Waals surface area (Å²) in [5, 5.41) is 3.86. The Labute approximate surface area is 138 Å². The SMILES string of the molecule is Cn1cnc2cc(-c3ccc(N)c(N)c3)nc(NC3CC3)c2c1=O. The fraction of sp³-hybridized carbons (Fsp3) is 0.235. The van der Waals surface area contributed by atoms with Gasteiger partial charge >= 0.3 is 0 Å². The number of fused-ring (bicyclic) bond motifs is 1. The molecule has 3 aromatic rings. The molecule has 2 heterocycles. The minimum atomic E-state index is -0.112. The van der Waals surface area contributed by atoms with Gasteiger partial charge in [-0.05, 0) is 31.0 Å². The molecular formula is C17H18N6O. The van der Waals surface area contributed by atoms with E-state index in [-0.39, 0.29) is 5.56 Å². The van der Waals surface area contributed by atoms with Crippen LogP contribution < -0.4 is 22.3 Å². The summed E-state index contributed by atoms with van der Waals surface area (Å²) < 4.78 is 1.46. The highest BCUT2D eigenvalue weighted by Crippen LogP contribution is 2.31. The summed E-state index contributed by atoms with van der Waals surface area (Å²) in [6, 6.07) is 7.58. The molecule has 1 aliphatic carbocycles. The van der Waals surface area contributed by atoms with E-state index in [9.17, 15) is 4.79 Å². The molecule has 24 heavy (non-hydrogen) atoms. The lowest BCUT2D eigenvalue weighted by Crippen LogP contribution is -2.19. The first-order chi connectivity index (χ1) is 11.5. The summed E-state index contributed by atoms with van der Waals surface area (Å²) in [6.45, 7) is 0. The lowest BCUT2D eigenvalue weighted by atomic mass is 10.1. The molecular weight excluding hydrogens is 304 g/mol. The van der Waals surface area contributed by atoms with E-state index in [1.165, 1.54) is 10.9 Å². The molecule has 7 heteroatoms. The summed E-state index contributed by atoms with van der Waals surface area (Å²) in [5.74, 6) is 0.578. The quantitative estimate of drug-likeness (QED) is 0.633. The highest BCUT2D eigenvalue weighted by molar-refractivity contribution is 5.92. The molecule has 1 aromatic carbocycles. The summed E-state index contributed by atoms with van der Waals surface area (Å²) in [6.07, 6.45) is 3.69. The number of anilines is 3. The minimum absolute atomic E-state index is 0.112. The van der Waals surface area contributed by atoms with Gasteiger partial charge < -0.3 is 21.4 Å². The van der Waals surface area contributed by atoms with E-state index in [1.807, 2.05) is 6.07 Å². The zero-order valence-corrected chi connectivity index (χ0v) is 13.3. The van der Waals surface area contributed by atoms with Gasteiger partial charge in [0, 0.05) is 18.7 Å². The van der Waals surface area contributed by atoms with Crippen LogP contribution in [-0.4, -0.2) is 20.6 Å². The summed E-state index contributed by atoms with van der Waals surface area (Å²) >= 11 is 0. The molecule has 1 fully saturated rings. The van der Waals surface area contributed by atoms with Gasteiger partial charge in [0.2, 0.25) is 0 Å². The molecule has 1 aliphatic rings. The van der Waals surface area contributed by atoms with E-state index in [1.54, 1.807) is 25.2 Å². The van der Waals surface area contributed by atoms with Gasteiger partial charge in [-0.1, -0.05) is 6.07 Å². The number of nitrogens with two attached hydrogens (primary N) is 2. The second kappa shape index (κ2) is 5.23. The Morgan fingerprint density at radius 2 is 2.00 bits per heavy atom. The van der Waals surface area contributed by atoms with Crippen LogP contribution in [0.15, 0.2) is 35.4 Å². The molecule has 0 spiro atoms. The Bertz CT molecular complexity index is 1010. The number of nitrogens with one attached hydrogen (secondary N) is 1. The molecule has 4 rings (SSSR count). The molecule has 0 radical (unpaired) electrons. The Kier molecular flexibility index (Phi) is 3.16. The van der Waals surface area contributed by atoms with E-state index >= 15 is 0 Å². The summed E-state index contributed by atoms with van der Waals surface area (Å²) in [7, 11) is 1.68. The maximum atomic E-state index is 12.5. The third-order valence-electron chi connectivity index (χ3n) is 4.20. The normalized spacial score (nSPS) is 14.0. The average Bonchev–Trinajstić information content (AvgIpc) is 3.37. The van der Waals surface area contributed by atoms with Crippen molar-refractivity contribution < 1.29 is 0 Å². The van der Waals surface area contributed by atoms with E-state index < -0.39 is 0 Å². The number of nitrogen functional groups attached to an aromatic ring is 2. The van der Waals surface area contributed by atoms with Crippen LogP contribution in [-0.2, 0) is 7.05 Å². The van der Waals surface area contributed by atoms with Gasteiger partial charge in [0.05, 0.1) is 28.9 Å². The second-order valence-corrected chi connectivity index (χ2v) is 6.17. The number of hydrogen-bond donors (Lipinski definition) is 3. The van der Waals surface area contributed by atoms with Gasteiger partial charge in [-0.15, -0.1) is 0 Å². The number of benzene rings is 1. The van der Waals surface area contributed by atoms with Crippen LogP contribution >= 0.6 is 0 Å². The maximum Gasteiger partial charge on any atom is 0.264 e. The van der Waals surface area contributed by atoms with Crippen LogP contribution in [0.4, 0.5) is 17.2 Å². The predicted octanol–water partition coefficient (Wildman–Crippen LogP) is 1.73. The molecule has 122 valence electrons. The third kappa shape index (κ3) is 2.44. The lowest BCUT2D eigenvalue weighted by Gasteiger charge is -2.12. The zero-order chi connectivity index (χ0) is 16.8. The monoisotopic (exact) mass is 322 g/mol. The largest absolute Gasteiger partial charge is 0.397 e. The Morgan fingerprint density at radius 1 is 1.21 bits per heavy atom. The van der Waals surface area contributed by atoms with Crippen molar-refractivity contribution in [3.8, 4) is 11.3 Å². The first kappa shape index (κ1) is 14.5. The molecule has 1 saturated carbocycles. The van der Waals surface area contributed by atoms with Crippen molar-refractivity contribution in [2.75, 3.05) is 16.8 Å². The topological polar surface area (TPSA) is 112 Å². The van der Waals surface area contributed by atoms with Gasteiger partial charge in [-0.25, -0.2) is 9.97 Å². The van der Waals surface area contributed by atoms with Crippen molar-refractivity contribution in [1.29, 1.82) is 0 Å².